The molecule has 0 spiro atoms. The molecule has 2 heterocycles. The Kier molecular flexibility index (Phi) is 11.8. The van der Waals surface area contributed by atoms with Crippen molar-refractivity contribution in [2.24, 2.45) is 11.8 Å². The van der Waals surface area contributed by atoms with Gasteiger partial charge in [0.2, 0.25) is 5.91 Å². The minimum absolute atomic E-state index is 0.0255. The number of carbonyl (C=O) groups is 5. The van der Waals surface area contributed by atoms with Crippen molar-refractivity contribution in [2.45, 2.75) is 160 Å². The van der Waals surface area contributed by atoms with Crippen molar-refractivity contribution < 1.29 is 24.0 Å². The molecule has 1 saturated heterocycles. The molecular formula is C44H59N3O5. The molecule has 0 aromatic heterocycles. The Balaban J connectivity index is 1.22. The topological polar surface area (TPSA) is 104 Å². The third-order valence-electron chi connectivity index (χ3n) is 13.0. The van der Waals surface area contributed by atoms with E-state index in [1.54, 1.807) is 36.4 Å². The van der Waals surface area contributed by atoms with Gasteiger partial charge in [-0.1, -0.05) is 115 Å². The van der Waals surface area contributed by atoms with Gasteiger partial charge in [0, 0.05) is 23.6 Å². The Morgan fingerprint density at radius 3 is 1.92 bits per heavy atom. The maximum atomic E-state index is 15.2. The summed E-state index contributed by atoms with van der Waals surface area (Å²) in [5.41, 5.74) is 0.441. The highest BCUT2D eigenvalue weighted by molar-refractivity contribution is 6.21. The van der Waals surface area contributed by atoms with Crippen molar-refractivity contribution in [1.82, 2.24) is 15.1 Å². The molecular weight excluding hydrogens is 651 g/mol. The minimum atomic E-state index is -0.903. The summed E-state index contributed by atoms with van der Waals surface area (Å²) in [4.78, 5) is 72.7. The highest BCUT2D eigenvalue weighted by Gasteiger charge is 2.58. The Morgan fingerprint density at radius 2 is 1.33 bits per heavy atom. The van der Waals surface area contributed by atoms with E-state index in [1.807, 2.05) is 24.0 Å². The van der Waals surface area contributed by atoms with Crippen LogP contribution in [0.3, 0.4) is 0 Å². The highest BCUT2D eigenvalue weighted by Crippen LogP contribution is 2.46. The summed E-state index contributed by atoms with van der Waals surface area (Å²) in [6, 6.07) is 14.1. The summed E-state index contributed by atoms with van der Waals surface area (Å²) in [5, 5.41) is 3.84. The van der Waals surface area contributed by atoms with Crippen LogP contribution in [-0.2, 0) is 16.1 Å². The predicted octanol–water partition coefficient (Wildman–Crippen LogP) is 8.46. The number of carbonyl (C=O) groups excluding carboxylic acids is 5. The normalized spacial score (nSPS) is 25.2. The second-order valence-corrected chi connectivity index (χ2v) is 16.2. The Labute approximate surface area is 310 Å². The van der Waals surface area contributed by atoms with Crippen LogP contribution in [0.2, 0.25) is 0 Å². The van der Waals surface area contributed by atoms with E-state index in [2.05, 4.69) is 26.1 Å². The molecule has 2 aliphatic carbocycles. The Morgan fingerprint density at radius 1 is 0.750 bits per heavy atom. The number of imide groups is 1. The number of benzene rings is 2. The fraction of sp³-hybridized carbons (Fsp3) is 0.614. The zero-order valence-corrected chi connectivity index (χ0v) is 31.9. The number of likely N-dealkylation sites (tertiary alicyclic amines) is 1. The van der Waals surface area contributed by atoms with E-state index in [9.17, 15) is 19.2 Å². The van der Waals surface area contributed by atoms with Crippen molar-refractivity contribution in [3.05, 3.63) is 70.8 Å². The van der Waals surface area contributed by atoms with Crippen LogP contribution in [0.5, 0.6) is 0 Å². The second-order valence-electron chi connectivity index (χ2n) is 16.2. The average Bonchev–Trinajstić information content (AvgIpc) is 3.37. The van der Waals surface area contributed by atoms with Crippen LogP contribution < -0.4 is 5.32 Å². The quantitative estimate of drug-likeness (QED) is 0.127. The zero-order valence-electron chi connectivity index (χ0n) is 31.9. The van der Waals surface area contributed by atoms with E-state index >= 15 is 4.79 Å². The zero-order chi connectivity index (χ0) is 37.0. The lowest BCUT2D eigenvalue weighted by Crippen LogP contribution is -2.73. The number of Topliss-reactive ketones (excluding diaryl/α,β-unsaturated/α-hetero) is 2. The fourth-order valence-corrected chi connectivity index (χ4v) is 10.0. The molecule has 0 bridgehead atoms. The number of rotatable bonds is 13. The summed E-state index contributed by atoms with van der Waals surface area (Å²) in [6.45, 7) is 8.36. The number of nitrogens with one attached hydrogen (secondary N) is 1. The molecule has 2 saturated carbocycles. The number of ketones is 2. The molecule has 3 fully saturated rings. The highest BCUT2D eigenvalue weighted by atomic mass is 16.2. The minimum Gasteiger partial charge on any atom is -0.326 e. The van der Waals surface area contributed by atoms with Gasteiger partial charge in [-0.3, -0.25) is 28.9 Å². The number of amides is 3. The maximum Gasteiger partial charge on any atom is 0.261 e. The van der Waals surface area contributed by atoms with Crippen LogP contribution in [0.15, 0.2) is 48.5 Å². The van der Waals surface area contributed by atoms with Crippen LogP contribution >= 0.6 is 0 Å². The van der Waals surface area contributed by atoms with Crippen molar-refractivity contribution in [3.8, 4) is 0 Å². The summed E-state index contributed by atoms with van der Waals surface area (Å²) in [6.07, 6.45) is 14.8. The van der Waals surface area contributed by atoms with E-state index in [0.717, 1.165) is 76.2 Å². The van der Waals surface area contributed by atoms with E-state index in [4.69, 9.17) is 0 Å². The first-order valence-electron chi connectivity index (χ1n) is 20.3. The number of fused-ring (bicyclic) bond motifs is 2. The standard InChI is InChI=1S/C44H59N3O5/c1-5-28-43(4,38(48)31-26-24-30(25-27-31)29-46-40(50)32-18-16-17-19-33(32)41(46)51)45-36-22-14-10-8-12-20-34(36)39(49)44(6-2,7-3)47-37-23-15-11-9-13-21-35(37)42(47)52/h16-19,24-27,34-37,45H,5-15,20-23,28-29H2,1-4H3/t34-,35-,36+,37+,43?/m1/s1. The summed E-state index contributed by atoms with van der Waals surface area (Å²) >= 11 is 0. The molecule has 1 unspecified atom stereocenters. The van der Waals surface area contributed by atoms with Gasteiger partial charge < -0.3 is 10.2 Å². The molecule has 2 aliphatic heterocycles. The van der Waals surface area contributed by atoms with Crippen LogP contribution in [-0.4, -0.2) is 62.2 Å². The van der Waals surface area contributed by atoms with Crippen molar-refractivity contribution >= 4 is 29.3 Å². The van der Waals surface area contributed by atoms with Crippen molar-refractivity contribution in [1.29, 1.82) is 0 Å². The van der Waals surface area contributed by atoms with E-state index < -0.39 is 11.1 Å². The van der Waals surface area contributed by atoms with Gasteiger partial charge in [0.15, 0.2) is 11.6 Å². The molecule has 5 atom stereocenters. The molecule has 3 amide bonds. The molecule has 8 heteroatoms. The van der Waals surface area contributed by atoms with Gasteiger partial charge in [-0.05, 0) is 69.6 Å². The molecule has 8 nitrogen and oxygen atoms in total. The van der Waals surface area contributed by atoms with Gasteiger partial charge >= 0.3 is 0 Å². The van der Waals surface area contributed by atoms with Crippen molar-refractivity contribution in [3.63, 3.8) is 0 Å². The molecule has 0 radical (unpaired) electrons. The molecule has 6 rings (SSSR count). The maximum absolute atomic E-state index is 15.2. The van der Waals surface area contributed by atoms with Crippen molar-refractivity contribution in [2.75, 3.05) is 0 Å². The third kappa shape index (κ3) is 7.04. The Hall–Kier alpha value is -3.65. The van der Waals surface area contributed by atoms with Crippen LogP contribution in [0.25, 0.3) is 0 Å². The third-order valence-corrected chi connectivity index (χ3v) is 13.0. The molecule has 2 aromatic rings. The van der Waals surface area contributed by atoms with Gasteiger partial charge in [0.1, 0.15) is 5.54 Å². The first-order chi connectivity index (χ1) is 25.1. The monoisotopic (exact) mass is 709 g/mol. The van der Waals surface area contributed by atoms with Crippen LogP contribution in [0, 0.1) is 11.8 Å². The van der Waals surface area contributed by atoms with Gasteiger partial charge in [-0.25, -0.2) is 0 Å². The largest absolute Gasteiger partial charge is 0.326 e. The lowest BCUT2D eigenvalue weighted by Gasteiger charge is -2.58. The molecule has 280 valence electrons. The second kappa shape index (κ2) is 16.2. The van der Waals surface area contributed by atoms with E-state index in [0.29, 0.717) is 36.0 Å². The first kappa shape index (κ1) is 38.1. The summed E-state index contributed by atoms with van der Waals surface area (Å²) in [5.74, 6) is -0.495. The predicted molar refractivity (Wildman–Crippen MR) is 203 cm³/mol. The number of hydrogen-bond donors (Lipinski definition) is 1. The number of β-lactam (4-membered cyclic amide) rings is 1. The fourth-order valence-electron chi connectivity index (χ4n) is 10.0. The number of hydrogen-bond acceptors (Lipinski definition) is 6. The van der Waals surface area contributed by atoms with Gasteiger partial charge in [-0.2, -0.15) is 0 Å². The first-order valence-corrected chi connectivity index (χ1v) is 20.3. The average molecular weight is 710 g/mol. The molecule has 4 aliphatic rings. The molecule has 2 aromatic carbocycles. The van der Waals surface area contributed by atoms with Gasteiger partial charge in [-0.15, -0.1) is 0 Å². The van der Waals surface area contributed by atoms with Crippen LogP contribution in [0.1, 0.15) is 167 Å². The van der Waals surface area contributed by atoms with E-state index in [-0.39, 0.29) is 59.8 Å². The van der Waals surface area contributed by atoms with Crippen LogP contribution in [0.4, 0.5) is 0 Å². The summed E-state index contributed by atoms with van der Waals surface area (Å²) in [7, 11) is 0. The summed E-state index contributed by atoms with van der Waals surface area (Å²) < 4.78 is 0. The van der Waals surface area contributed by atoms with Gasteiger partial charge in [0.25, 0.3) is 11.8 Å². The Bertz CT molecular complexity index is 1610. The smallest absolute Gasteiger partial charge is 0.261 e. The lowest BCUT2D eigenvalue weighted by atomic mass is 9.68. The van der Waals surface area contributed by atoms with Gasteiger partial charge in [0.05, 0.1) is 29.1 Å². The molecule has 1 N–H and O–H groups in total. The number of nitrogens with zero attached hydrogens (tertiary/aromatic N) is 2. The SMILES string of the molecule is CCCC(C)(N[C@H]1CCCCCC[C@H]1C(=O)C(CC)(CC)N1C(=O)[C@@H]2CCCCCC[C@@H]21)C(=O)c1ccc(CN2C(=O)c3ccccc3C2=O)cc1. The van der Waals surface area contributed by atoms with E-state index in [1.165, 1.54) is 17.7 Å². The lowest BCUT2D eigenvalue weighted by molar-refractivity contribution is -0.178. The molecule has 52 heavy (non-hydrogen) atoms.